The highest BCUT2D eigenvalue weighted by atomic mass is 16.5. The van der Waals surface area contributed by atoms with E-state index < -0.39 is 0 Å². The van der Waals surface area contributed by atoms with Crippen LogP contribution in [0.25, 0.3) is 5.69 Å². The number of benzene rings is 3. The van der Waals surface area contributed by atoms with Crippen LogP contribution in [0.1, 0.15) is 27.5 Å². The van der Waals surface area contributed by atoms with E-state index >= 15 is 0 Å². The fraction of sp³-hybridized carbons (Fsp3) is 0.154. The van der Waals surface area contributed by atoms with E-state index in [0.717, 1.165) is 28.3 Å². The van der Waals surface area contributed by atoms with Crippen molar-refractivity contribution in [3.05, 3.63) is 108 Å². The van der Waals surface area contributed by atoms with Crippen molar-refractivity contribution in [2.24, 2.45) is 0 Å². The Labute approximate surface area is 187 Å². The maximum absolute atomic E-state index is 13.1. The molecule has 162 valence electrons. The van der Waals surface area contributed by atoms with Gasteiger partial charge in [0.05, 0.1) is 25.9 Å². The van der Waals surface area contributed by atoms with Gasteiger partial charge in [-0.2, -0.15) is 5.10 Å². The minimum atomic E-state index is -0.201. The van der Waals surface area contributed by atoms with Crippen LogP contribution in [0.15, 0.2) is 91.3 Å². The summed E-state index contributed by atoms with van der Waals surface area (Å²) in [6.45, 7) is 0. The molecule has 3 aromatic carbocycles. The van der Waals surface area contributed by atoms with Crippen LogP contribution in [0.5, 0.6) is 11.5 Å². The summed E-state index contributed by atoms with van der Waals surface area (Å²) in [5, 5.41) is 7.40. The Balaban J connectivity index is 1.54. The van der Waals surface area contributed by atoms with Crippen LogP contribution >= 0.6 is 0 Å². The molecular weight excluding hydrogens is 402 g/mol. The zero-order valence-corrected chi connectivity index (χ0v) is 18.1. The van der Waals surface area contributed by atoms with E-state index in [1.165, 1.54) is 0 Å². The Morgan fingerprint density at radius 3 is 2.09 bits per heavy atom. The van der Waals surface area contributed by atoms with Gasteiger partial charge in [-0.1, -0.05) is 24.3 Å². The standard InChI is InChI=1S/C26H25N3O3/c1-31-23-12-4-19(5-13-23)18-25(20-8-14-24(32-2)15-9-20)28-26(30)21-6-10-22(11-7-21)29-17-3-16-27-29/h3-17,25H,18H2,1-2H3,(H,28,30)/t25-/m1/s1. The Kier molecular flexibility index (Phi) is 6.51. The molecule has 32 heavy (non-hydrogen) atoms. The second kappa shape index (κ2) is 9.83. The normalized spacial score (nSPS) is 11.6. The lowest BCUT2D eigenvalue weighted by Gasteiger charge is -2.20. The molecular formula is C26H25N3O3. The minimum Gasteiger partial charge on any atom is -0.497 e. The molecule has 4 rings (SSSR count). The van der Waals surface area contributed by atoms with E-state index in [2.05, 4.69) is 10.4 Å². The third-order valence-electron chi connectivity index (χ3n) is 5.32. The lowest BCUT2D eigenvalue weighted by Crippen LogP contribution is -2.30. The molecule has 0 saturated heterocycles. The number of carbonyl (C=O) groups excluding carboxylic acids is 1. The van der Waals surface area contributed by atoms with Gasteiger partial charge >= 0.3 is 0 Å². The predicted molar refractivity (Wildman–Crippen MR) is 123 cm³/mol. The Morgan fingerprint density at radius 2 is 1.53 bits per heavy atom. The molecule has 1 atom stereocenters. The molecule has 4 aromatic rings. The van der Waals surface area contributed by atoms with Gasteiger partial charge in [-0.3, -0.25) is 4.79 Å². The van der Waals surface area contributed by atoms with E-state index in [1.807, 2.05) is 85.1 Å². The molecule has 6 heteroatoms. The van der Waals surface area contributed by atoms with Crippen LogP contribution in [0.2, 0.25) is 0 Å². The second-order valence-corrected chi connectivity index (χ2v) is 7.35. The molecule has 0 radical (unpaired) electrons. The van der Waals surface area contributed by atoms with Crippen molar-refractivity contribution in [3.63, 3.8) is 0 Å². The summed E-state index contributed by atoms with van der Waals surface area (Å²) in [6.07, 6.45) is 4.23. The Bertz CT molecular complexity index is 1140. The van der Waals surface area contributed by atoms with Gasteiger partial charge in [0, 0.05) is 18.0 Å². The fourth-order valence-corrected chi connectivity index (χ4v) is 3.51. The third-order valence-corrected chi connectivity index (χ3v) is 5.32. The lowest BCUT2D eigenvalue weighted by atomic mass is 9.98. The van der Waals surface area contributed by atoms with Crippen molar-refractivity contribution in [2.45, 2.75) is 12.5 Å². The van der Waals surface area contributed by atoms with E-state index in [4.69, 9.17) is 9.47 Å². The van der Waals surface area contributed by atoms with Crippen LogP contribution in [0.4, 0.5) is 0 Å². The summed E-state index contributed by atoms with van der Waals surface area (Å²) >= 11 is 0. The molecule has 0 aliphatic carbocycles. The van der Waals surface area contributed by atoms with Crippen LogP contribution in [0, 0.1) is 0 Å². The van der Waals surface area contributed by atoms with Gasteiger partial charge in [-0.25, -0.2) is 4.68 Å². The van der Waals surface area contributed by atoms with E-state index in [1.54, 1.807) is 25.1 Å². The maximum atomic E-state index is 13.1. The first-order chi connectivity index (χ1) is 15.7. The number of hydrogen-bond donors (Lipinski definition) is 1. The zero-order valence-electron chi connectivity index (χ0n) is 18.1. The minimum absolute atomic E-state index is 0.133. The van der Waals surface area contributed by atoms with Crippen molar-refractivity contribution >= 4 is 5.91 Å². The summed E-state index contributed by atoms with van der Waals surface area (Å²) in [5.74, 6) is 1.44. The Hall–Kier alpha value is -4.06. The van der Waals surface area contributed by atoms with Gasteiger partial charge in [0.1, 0.15) is 11.5 Å². The van der Waals surface area contributed by atoms with Crippen molar-refractivity contribution in [1.82, 2.24) is 15.1 Å². The molecule has 1 heterocycles. The summed E-state index contributed by atoms with van der Waals surface area (Å²) < 4.78 is 12.3. The quantitative estimate of drug-likeness (QED) is 0.446. The lowest BCUT2D eigenvalue weighted by molar-refractivity contribution is 0.0936. The van der Waals surface area contributed by atoms with Gasteiger partial charge in [-0.05, 0) is 72.1 Å². The summed E-state index contributed by atoms with van der Waals surface area (Å²) in [4.78, 5) is 13.1. The zero-order chi connectivity index (χ0) is 22.3. The highest BCUT2D eigenvalue weighted by molar-refractivity contribution is 5.94. The van der Waals surface area contributed by atoms with Crippen LogP contribution < -0.4 is 14.8 Å². The summed E-state index contributed by atoms with van der Waals surface area (Å²) in [7, 11) is 3.28. The largest absolute Gasteiger partial charge is 0.497 e. The molecule has 0 spiro atoms. The molecule has 6 nitrogen and oxygen atoms in total. The Morgan fingerprint density at radius 1 is 0.906 bits per heavy atom. The predicted octanol–water partition coefficient (Wildman–Crippen LogP) is 4.60. The molecule has 0 unspecified atom stereocenters. The summed E-state index contributed by atoms with van der Waals surface area (Å²) in [6, 6.07) is 24.7. The van der Waals surface area contributed by atoms with Gasteiger partial charge in [0.2, 0.25) is 0 Å². The summed E-state index contributed by atoms with van der Waals surface area (Å²) in [5.41, 5.74) is 3.59. The number of carbonyl (C=O) groups is 1. The van der Waals surface area contributed by atoms with E-state index in [0.29, 0.717) is 12.0 Å². The third kappa shape index (κ3) is 4.98. The van der Waals surface area contributed by atoms with Crippen molar-refractivity contribution in [2.75, 3.05) is 14.2 Å². The molecule has 1 aromatic heterocycles. The highest BCUT2D eigenvalue weighted by Gasteiger charge is 2.17. The number of nitrogens with zero attached hydrogens (tertiary/aromatic N) is 2. The van der Waals surface area contributed by atoms with Crippen molar-refractivity contribution in [1.29, 1.82) is 0 Å². The molecule has 0 bridgehead atoms. The number of nitrogens with one attached hydrogen (secondary N) is 1. The van der Waals surface area contributed by atoms with Crippen LogP contribution in [-0.4, -0.2) is 29.9 Å². The van der Waals surface area contributed by atoms with Crippen LogP contribution in [0.3, 0.4) is 0 Å². The van der Waals surface area contributed by atoms with Gasteiger partial charge in [-0.15, -0.1) is 0 Å². The molecule has 0 aliphatic heterocycles. The smallest absolute Gasteiger partial charge is 0.251 e. The number of ether oxygens (including phenoxy) is 2. The molecule has 0 fully saturated rings. The first-order valence-corrected chi connectivity index (χ1v) is 10.3. The molecule has 0 saturated carbocycles. The number of hydrogen-bond acceptors (Lipinski definition) is 4. The van der Waals surface area contributed by atoms with Gasteiger partial charge < -0.3 is 14.8 Å². The number of aromatic nitrogens is 2. The number of rotatable bonds is 8. The van der Waals surface area contributed by atoms with E-state index in [9.17, 15) is 4.79 Å². The number of methoxy groups -OCH3 is 2. The SMILES string of the molecule is COc1ccc(C[C@@H](NC(=O)c2ccc(-n3cccn3)cc2)c2ccc(OC)cc2)cc1. The monoisotopic (exact) mass is 427 g/mol. The topological polar surface area (TPSA) is 65.4 Å². The van der Waals surface area contributed by atoms with Gasteiger partial charge in [0.25, 0.3) is 5.91 Å². The van der Waals surface area contributed by atoms with Crippen LogP contribution in [-0.2, 0) is 6.42 Å². The number of amides is 1. The van der Waals surface area contributed by atoms with Gasteiger partial charge in [0.15, 0.2) is 0 Å². The van der Waals surface area contributed by atoms with Crippen molar-refractivity contribution < 1.29 is 14.3 Å². The van der Waals surface area contributed by atoms with Crippen molar-refractivity contribution in [3.8, 4) is 17.2 Å². The molecule has 0 aliphatic rings. The molecule has 1 amide bonds. The highest BCUT2D eigenvalue weighted by Crippen LogP contribution is 2.23. The average Bonchev–Trinajstić information content (AvgIpc) is 3.39. The first kappa shape index (κ1) is 21.2. The molecule has 1 N–H and O–H groups in total. The maximum Gasteiger partial charge on any atom is 0.251 e. The average molecular weight is 428 g/mol. The fourth-order valence-electron chi connectivity index (χ4n) is 3.51. The first-order valence-electron chi connectivity index (χ1n) is 10.3. The van der Waals surface area contributed by atoms with E-state index in [-0.39, 0.29) is 11.9 Å². The second-order valence-electron chi connectivity index (χ2n) is 7.35.